The number of ether oxygens (including phenoxy) is 1. The van der Waals surface area contributed by atoms with Crippen molar-refractivity contribution in [1.29, 1.82) is 0 Å². The fourth-order valence-corrected chi connectivity index (χ4v) is 2.23. The Morgan fingerprint density at radius 2 is 2.18 bits per heavy atom. The normalized spacial score (nSPS) is 12.9. The van der Waals surface area contributed by atoms with Gasteiger partial charge in [0.15, 0.2) is 5.82 Å². The van der Waals surface area contributed by atoms with Crippen LogP contribution in [0.3, 0.4) is 0 Å². The lowest BCUT2D eigenvalue weighted by Gasteiger charge is -2.21. The molecule has 0 aliphatic rings. The van der Waals surface area contributed by atoms with Crippen LogP contribution >= 0.6 is 15.9 Å². The van der Waals surface area contributed by atoms with Crippen LogP contribution in [0, 0.1) is 0 Å². The minimum atomic E-state index is -0.516. The SMILES string of the molecule is CC(C)(C)OC(=O)C[C@H](Cc1ccc(Br)nc1)c1nn[nH]n1. The van der Waals surface area contributed by atoms with Crippen LogP contribution in [0.15, 0.2) is 22.9 Å². The van der Waals surface area contributed by atoms with Crippen molar-refractivity contribution in [2.45, 2.75) is 45.1 Å². The van der Waals surface area contributed by atoms with Crippen molar-refractivity contribution in [3.63, 3.8) is 0 Å². The van der Waals surface area contributed by atoms with Crippen LogP contribution in [0.5, 0.6) is 0 Å². The Labute approximate surface area is 137 Å². The maximum Gasteiger partial charge on any atom is 0.307 e. The van der Waals surface area contributed by atoms with Crippen LogP contribution in [-0.4, -0.2) is 37.2 Å². The minimum absolute atomic E-state index is 0.187. The molecule has 0 bridgehead atoms. The first-order valence-electron chi connectivity index (χ1n) is 6.89. The standard InChI is InChI=1S/C14H18BrN5O2/c1-14(2,3)22-12(21)7-10(13-17-19-20-18-13)6-9-4-5-11(15)16-8-9/h4-5,8,10H,6-7H2,1-3H3,(H,17,18,19,20)/t10-/m0/s1. The molecule has 0 aliphatic carbocycles. The second kappa shape index (κ2) is 6.95. The third-order valence-corrected chi connectivity index (χ3v) is 3.30. The molecule has 2 rings (SSSR count). The number of aromatic nitrogens is 5. The quantitative estimate of drug-likeness (QED) is 0.644. The zero-order valence-electron chi connectivity index (χ0n) is 12.7. The van der Waals surface area contributed by atoms with Crippen LogP contribution in [0.4, 0.5) is 0 Å². The highest BCUT2D eigenvalue weighted by molar-refractivity contribution is 9.10. The van der Waals surface area contributed by atoms with Gasteiger partial charge >= 0.3 is 5.97 Å². The molecule has 0 radical (unpaired) electrons. The molecule has 1 N–H and O–H groups in total. The lowest BCUT2D eigenvalue weighted by Crippen LogP contribution is -2.25. The smallest absolute Gasteiger partial charge is 0.307 e. The average Bonchev–Trinajstić information content (AvgIpc) is 2.92. The number of halogens is 1. The van der Waals surface area contributed by atoms with Gasteiger partial charge in [0.2, 0.25) is 0 Å². The van der Waals surface area contributed by atoms with Crippen molar-refractivity contribution in [3.8, 4) is 0 Å². The highest BCUT2D eigenvalue weighted by Gasteiger charge is 2.24. The zero-order chi connectivity index (χ0) is 16.2. The van der Waals surface area contributed by atoms with E-state index >= 15 is 0 Å². The Kier molecular flexibility index (Phi) is 5.23. The summed E-state index contributed by atoms with van der Waals surface area (Å²) in [6.45, 7) is 5.52. The number of hydrogen-bond acceptors (Lipinski definition) is 6. The van der Waals surface area contributed by atoms with Gasteiger partial charge in [0.05, 0.1) is 6.42 Å². The molecule has 22 heavy (non-hydrogen) atoms. The number of aromatic amines is 1. The zero-order valence-corrected chi connectivity index (χ0v) is 14.3. The van der Waals surface area contributed by atoms with Gasteiger partial charge < -0.3 is 4.74 Å². The first-order valence-corrected chi connectivity index (χ1v) is 7.68. The fraction of sp³-hybridized carbons (Fsp3) is 0.500. The predicted molar refractivity (Wildman–Crippen MR) is 83.0 cm³/mol. The number of carbonyl (C=O) groups is 1. The molecule has 0 aromatic carbocycles. The Hall–Kier alpha value is -1.83. The molecule has 0 fully saturated rings. The molecule has 2 aromatic heterocycles. The molecular formula is C14H18BrN5O2. The van der Waals surface area contributed by atoms with Gasteiger partial charge in [0.25, 0.3) is 0 Å². The summed E-state index contributed by atoms with van der Waals surface area (Å²) >= 11 is 3.30. The molecule has 118 valence electrons. The van der Waals surface area contributed by atoms with Crippen LogP contribution in [-0.2, 0) is 16.0 Å². The van der Waals surface area contributed by atoms with Gasteiger partial charge in [-0.25, -0.2) is 4.98 Å². The third-order valence-electron chi connectivity index (χ3n) is 2.83. The lowest BCUT2D eigenvalue weighted by molar-refractivity contribution is -0.155. The molecular weight excluding hydrogens is 350 g/mol. The van der Waals surface area contributed by atoms with E-state index < -0.39 is 5.60 Å². The van der Waals surface area contributed by atoms with E-state index in [1.165, 1.54) is 0 Å². The number of hydrogen-bond donors (Lipinski definition) is 1. The van der Waals surface area contributed by atoms with Crippen LogP contribution in [0.25, 0.3) is 0 Å². The largest absolute Gasteiger partial charge is 0.460 e. The van der Waals surface area contributed by atoms with E-state index in [9.17, 15) is 4.79 Å². The van der Waals surface area contributed by atoms with Crippen molar-refractivity contribution >= 4 is 21.9 Å². The van der Waals surface area contributed by atoms with Crippen LogP contribution < -0.4 is 0 Å². The number of pyridine rings is 1. The number of rotatable bonds is 5. The Morgan fingerprint density at radius 1 is 1.41 bits per heavy atom. The van der Waals surface area contributed by atoms with E-state index in [1.54, 1.807) is 6.20 Å². The van der Waals surface area contributed by atoms with Crippen LogP contribution in [0.1, 0.15) is 44.5 Å². The summed E-state index contributed by atoms with van der Waals surface area (Å²) in [5.74, 6) is -0.00211. The Bertz CT molecular complexity index is 607. The van der Waals surface area contributed by atoms with Gasteiger partial charge in [0, 0.05) is 12.1 Å². The highest BCUT2D eigenvalue weighted by Crippen LogP contribution is 2.23. The summed E-state index contributed by atoms with van der Waals surface area (Å²) in [5, 5.41) is 14.0. The van der Waals surface area contributed by atoms with Gasteiger partial charge in [-0.1, -0.05) is 11.3 Å². The molecule has 2 aromatic rings. The predicted octanol–water partition coefficient (Wildman–Crippen LogP) is 2.42. The Balaban J connectivity index is 2.10. The second-order valence-electron chi connectivity index (χ2n) is 5.95. The van der Waals surface area contributed by atoms with Crippen molar-refractivity contribution in [3.05, 3.63) is 34.3 Å². The summed E-state index contributed by atoms with van der Waals surface area (Å²) in [7, 11) is 0. The van der Waals surface area contributed by atoms with E-state index in [4.69, 9.17) is 4.74 Å². The number of tetrazole rings is 1. The number of carbonyl (C=O) groups excluding carboxylic acids is 1. The molecule has 7 nitrogen and oxygen atoms in total. The maximum atomic E-state index is 12.1. The summed E-state index contributed by atoms with van der Waals surface area (Å²) in [4.78, 5) is 16.3. The third kappa shape index (κ3) is 5.18. The van der Waals surface area contributed by atoms with Crippen molar-refractivity contribution in [2.24, 2.45) is 0 Å². The van der Waals surface area contributed by atoms with Crippen molar-refractivity contribution < 1.29 is 9.53 Å². The van der Waals surface area contributed by atoms with Crippen LogP contribution in [0.2, 0.25) is 0 Å². The first-order chi connectivity index (χ1) is 10.3. The van der Waals surface area contributed by atoms with Crippen molar-refractivity contribution in [2.75, 3.05) is 0 Å². The topological polar surface area (TPSA) is 93.6 Å². The van der Waals surface area contributed by atoms with E-state index in [0.29, 0.717) is 12.2 Å². The van der Waals surface area contributed by atoms with Gasteiger partial charge in [-0.3, -0.25) is 4.79 Å². The molecule has 0 unspecified atom stereocenters. The van der Waals surface area contributed by atoms with Gasteiger partial charge in [0.1, 0.15) is 10.2 Å². The molecule has 0 aliphatic heterocycles. The van der Waals surface area contributed by atoms with Gasteiger partial charge in [-0.05, 0) is 54.8 Å². The minimum Gasteiger partial charge on any atom is -0.460 e. The number of nitrogens with one attached hydrogen (secondary N) is 1. The van der Waals surface area contributed by atoms with E-state index in [2.05, 4.69) is 41.5 Å². The molecule has 8 heteroatoms. The summed E-state index contributed by atoms with van der Waals surface area (Å²) in [6.07, 6.45) is 2.53. The summed E-state index contributed by atoms with van der Waals surface area (Å²) in [6, 6.07) is 3.80. The monoisotopic (exact) mass is 367 g/mol. The Morgan fingerprint density at radius 3 is 2.73 bits per heavy atom. The van der Waals surface area contributed by atoms with E-state index in [1.807, 2.05) is 32.9 Å². The van der Waals surface area contributed by atoms with E-state index in [-0.39, 0.29) is 18.3 Å². The molecule has 2 heterocycles. The summed E-state index contributed by atoms with van der Waals surface area (Å²) in [5.41, 5.74) is 0.472. The van der Waals surface area contributed by atoms with E-state index in [0.717, 1.165) is 10.2 Å². The molecule has 0 saturated heterocycles. The number of H-pyrrole nitrogens is 1. The molecule has 0 spiro atoms. The summed E-state index contributed by atoms with van der Waals surface area (Å²) < 4.78 is 6.14. The number of esters is 1. The maximum absolute atomic E-state index is 12.1. The van der Waals surface area contributed by atoms with Crippen molar-refractivity contribution in [1.82, 2.24) is 25.6 Å². The fourth-order valence-electron chi connectivity index (χ4n) is 1.99. The molecule has 0 saturated carbocycles. The lowest BCUT2D eigenvalue weighted by atomic mass is 9.96. The average molecular weight is 368 g/mol. The number of nitrogens with zero attached hydrogens (tertiary/aromatic N) is 4. The van der Waals surface area contributed by atoms with Gasteiger partial charge in [-0.15, -0.1) is 10.2 Å². The van der Waals surface area contributed by atoms with Gasteiger partial charge in [-0.2, -0.15) is 5.21 Å². The highest BCUT2D eigenvalue weighted by atomic mass is 79.9. The first kappa shape index (κ1) is 16.5. The second-order valence-corrected chi connectivity index (χ2v) is 6.76. The molecule has 1 atom stereocenters. The molecule has 0 amide bonds.